The molecule has 0 saturated carbocycles. The molecule has 3 aromatic rings. The third-order valence-corrected chi connectivity index (χ3v) is 4.16. The van der Waals surface area contributed by atoms with Crippen LogP contribution >= 0.6 is 0 Å². The van der Waals surface area contributed by atoms with E-state index < -0.39 is 0 Å². The van der Waals surface area contributed by atoms with E-state index in [1.54, 1.807) is 60.7 Å². The maximum absolute atomic E-state index is 12.2. The number of anilines is 3. The maximum Gasteiger partial charge on any atom is 0.338 e. The van der Waals surface area contributed by atoms with Crippen LogP contribution in [-0.4, -0.2) is 30.9 Å². The highest BCUT2D eigenvalue weighted by atomic mass is 16.5. The first-order valence-electron chi connectivity index (χ1n) is 9.81. The third kappa shape index (κ3) is 6.46. The zero-order chi connectivity index (χ0) is 22.1. The summed E-state index contributed by atoms with van der Waals surface area (Å²) in [6.07, 6.45) is 2.18. The zero-order valence-corrected chi connectivity index (χ0v) is 17.0. The molecule has 0 spiro atoms. The summed E-state index contributed by atoms with van der Waals surface area (Å²) >= 11 is 0. The van der Waals surface area contributed by atoms with E-state index in [0.717, 1.165) is 6.42 Å². The fourth-order valence-electron chi connectivity index (χ4n) is 2.66. The van der Waals surface area contributed by atoms with E-state index >= 15 is 0 Å². The third-order valence-electron chi connectivity index (χ3n) is 4.16. The lowest BCUT2D eigenvalue weighted by Crippen LogP contribution is -2.21. The quantitative estimate of drug-likeness (QED) is 0.448. The Morgan fingerprint density at radius 3 is 2.39 bits per heavy atom. The van der Waals surface area contributed by atoms with E-state index in [-0.39, 0.29) is 30.1 Å². The molecule has 2 aromatic carbocycles. The van der Waals surface area contributed by atoms with Gasteiger partial charge >= 0.3 is 5.97 Å². The van der Waals surface area contributed by atoms with Gasteiger partial charge in [-0.05, 0) is 61.0 Å². The first kappa shape index (κ1) is 21.6. The van der Waals surface area contributed by atoms with Gasteiger partial charge in [0.1, 0.15) is 0 Å². The largest absolute Gasteiger partial charge is 0.462 e. The fourth-order valence-corrected chi connectivity index (χ4v) is 2.66. The van der Waals surface area contributed by atoms with Crippen molar-refractivity contribution in [2.75, 3.05) is 29.1 Å². The van der Waals surface area contributed by atoms with Gasteiger partial charge in [0.05, 0.1) is 25.0 Å². The number of rotatable bonds is 9. The summed E-state index contributed by atoms with van der Waals surface area (Å²) in [4.78, 5) is 36.1. The van der Waals surface area contributed by atoms with Crippen LogP contribution in [0.4, 0.5) is 17.1 Å². The lowest BCUT2D eigenvalue weighted by atomic mass is 10.2. The summed E-state index contributed by atoms with van der Waals surface area (Å²) < 4.78 is 10.1. The second-order valence-corrected chi connectivity index (χ2v) is 6.63. The number of esters is 1. The summed E-state index contributed by atoms with van der Waals surface area (Å²) in [7, 11) is 0. The maximum atomic E-state index is 12.2. The van der Waals surface area contributed by atoms with Gasteiger partial charge in [-0.3, -0.25) is 9.59 Å². The van der Waals surface area contributed by atoms with Gasteiger partial charge in [-0.2, -0.15) is 0 Å². The summed E-state index contributed by atoms with van der Waals surface area (Å²) in [5.41, 5.74) is 2.23. The van der Waals surface area contributed by atoms with Crippen LogP contribution in [0.2, 0.25) is 0 Å². The van der Waals surface area contributed by atoms with Gasteiger partial charge in [0.2, 0.25) is 5.91 Å². The normalized spacial score (nSPS) is 10.2. The molecular formula is C23H23N3O5. The van der Waals surface area contributed by atoms with Crippen LogP contribution in [0, 0.1) is 0 Å². The molecule has 0 unspecified atom stereocenters. The smallest absolute Gasteiger partial charge is 0.338 e. The van der Waals surface area contributed by atoms with E-state index in [1.165, 1.54) is 6.26 Å². The van der Waals surface area contributed by atoms with Gasteiger partial charge < -0.3 is 25.1 Å². The van der Waals surface area contributed by atoms with Gasteiger partial charge in [0.15, 0.2) is 5.76 Å². The highest BCUT2D eigenvalue weighted by Gasteiger charge is 2.10. The molecule has 0 radical (unpaired) electrons. The van der Waals surface area contributed by atoms with Crippen molar-refractivity contribution in [1.29, 1.82) is 0 Å². The molecule has 2 amide bonds. The number of carbonyl (C=O) groups excluding carboxylic acids is 3. The van der Waals surface area contributed by atoms with Gasteiger partial charge in [0, 0.05) is 17.1 Å². The van der Waals surface area contributed by atoms with Gasteiger partial charge in [0.25, 0.3) is 5.91 Å². The number of furan rings is 1. The molecule has 1 aromatic heterocycles. The van der Waals surface area contributed by atoms with E-state index in [9.17, 15) is 14.4 Å². The monoisotopic (exact) mass is 421 g/mol. The van der Waals surface area contributed by atoms with Crippen LogP contribution in [0.5, 0.6) is 0 Å². The fraction of sp³-hybridized carbons (Fsp3) is 0.174. The molecule has 160 valence electrons. The lowest BCUT2D eigenvalue weighted by molar-refractivity contribution is -0.114. The molecule has 1 heterocycles. The van der Waals surface area contributed by atoms with Gasteiger partial charge in [-0.1, -0.05) is 13.0 Å². The Kier molecular flexibility index (Phi) is 7.42. The Morgan fingerprint density at radius 2 is 1.68 bits per heavy atom. The number of ether oxygens (including phenoxy) is 1. The molecule has 0 saturated heterocycles. The van der Waals surface area contributed by atoms with E-state index in [2.05, 4.69) is 16.0 Å². The van der Waals surface area contributed by atoms with Crippen molar-refractivity contribution in [1.82, 2.24) is 0 Å². The average molecular weight is 421 g/mol. The molecule has 0 fully saturated rings. The second kappa shape index (κ2) is 10.6. The van der Waals surface area contributed by atoms with Gasteiger partial charge in [-0.15, -0.1) is 0 Å². The van der Waals surface area contributed by atoms with E-state index in [1.807, 2.05) is 6.92 Å². The van der Waals surface area contributed by atoms with Crippen molar-refractivity contribution in [2.45, 2.75) is 13.3 Å². The molecule has 3 N–H and O–H groups in total. The number of hydrogen-bond acceptors (Lipinski definition) is 6. The SMILES string of the molecule is CCCOC(=O)c1ccc(NC(=O)CNc2cccc(NC(=O)c3ccco3)c2)cc1. The number of hydrogen-bond donors (Lipinski definition) is 3. The van der Waals surface area contributed by atoms with Crippen molar-refractivity contribution in [3.05, 3.63) is 78.3 Å². The number of carbonyl (C=O) groups is 3. The molecule has 31 heavy (non-hydrogen) atoms. The lowest BCUT2D eigenvalue weighted by Gasteiger charge is -2.10. The van der Waals surface area contributed by atoms with Crippen LogP contribution in [0.15, 0.2) is 71.3 Å². The molecule has 0 bridgehead atoms. The van der Waals surface area contributed by atoms with Crippen molar-refractivity contribution < 1.29 is 23.5 Å². The summed E-state index contributed by atoms with van der Waals surface area (Å²) in [6.45, 7) is 2.32. The molecule has 0 aliphatic heterocycles. The van der Waals surface area contributed by atoms with Crippen molar-refractivity contribution in [2.24, 2.45) is 0 Å². The average Bonchev–Trinajstić information content (AvgIpc) is 3.32. The zero-order valence-electron chi connectivity index (χ0n) is 17.0. The Labute approximate surface area is 179 Å². The van der Waals surface area contributed by atoms with Crippen molar-refractivity contribution in [3.63, 3.8) is 0 Å². The first-order valence-corrected chi connectivity index (χ1v) is 9.81. The Balaban J connectivity index is 1.49. The van der Waals surface area contributed by atoms with Crippen LogP contribution in [0.25, 0.3) is 0 Å². The van der Waals surface area contributed by atoms with Crippen LogP contribution in [-0.2, 0) is 9.53 Å². The summed E-state index contributed by atoms with van der Waals surface area (Å²) in [5, 5.41) is 8.48. The minimum absolute atomic E-state index is 0.0237. The van der Waals surface area contributed by atoms with Crippen LogP contribution < -0.4 is 16.0 Å². The Bertz CT molecular complexity index is 1030. The molecule has 8 heteroatoms. The van der Waals surface area contributed by atoms with Crippen LogP contribution in [0.3, 0.4) is 0 Å². The first-order chi connectivity index (χ1) is 15.0. The van der Waals surface area contributed by atoms with Crippen molar-refractivity contribution in [3.8, 4) is 0 Å². The minimum atomic E-state index is -0.389. The van der Waals surface area contributed by atoms with Crippen LogP contribution in [0.1, 0.15) is 34.3 Å². The number of benzene rings is 2. The minimum Gasteiger partial charge on any atom is -0.462 e. The predicted molar refractivity (Wildman–Crippen MR) is 117 cm³/mol. The highest BCUT2D eigenvalue weighted by Crippen LogP contribution is 2.16. The number of amides is 2. The molecule has 0 aliphatic rings. The summed E-state index contributed by atoms with van der Waals surface area (Å²) in [5.74, 6) is -0.795. The topological polar surface area (TPSA) is 110 Å². The van der Waals surface area contributed by atoms with Crippen molar-refractivity contribution >= 4 is 34.8 Å². The standard InChI is InChI=1S/C23H23N3O5/c1-2-12-31-23(29)16-8-10-17(11-9-16)25-21(27)15-24-18-5-3-6-19(14-18)26-22(28)20-7-4-13-30-20/h3-11,13-14,24H,2,12,15H2,1H3,(H,25,27)(H,26,28). The molecular weight excluding hydrogens is 398 g/mol. The molecule has 3 rings (SSSR count). The number of nitrogens with one attached hydrogen (secondary N) is 3. The highest BCUT2D eigenvalue weighted by molar-refractivity contribution is 6.02. The molecule has 8 nitrogen and oxygen atoms in total. The molecule has 0 atom stereocenters. The Morgan fingerprint density at radius 1 is 0.903 bits per heavy atom. The van der Waals surface area contributed by atoms with E-state index in [4.69, 9.17) is 9.15 Å². The van der Waals surface area contributed by atoms with Gasteiger partial charge in [-0.25, -0.2) is 4.79 Å². The van der Waals surface area contributed by atoms with E-state index in [0.29, 0.717) is 29.2 Å². The Hall–Kier alpha value is -4.07. The second-order valence-electron chi connectivity index (χ2n) is 6.63. The predicted octanol–water partition coefficient (Wildman–Crippen LogP) is 4.15. The summed E-state index contributed by atoms with van der Waals surface area (Å²) in [6, 6.07) is 16.7. The molecule has 0 aliphatic carbocycles.